The number of aromatic nitrogens is 4. The molecule has 0 atom stereocenters. The van der Waals surface area contributed by atoms with E-state index in [2.05, 4.69) is 0 Å². The Kier molecular flexibility index (Phi) is 5.97. The second kappa shape index (κ2) is 9.57. The zero-order chi connectivity index (χ0) is 26.8. The fourth-order valence-corrected chi connectivity index (χ4v) is 4.08. The highest BCUT2D eigenvalue weighted by molar-refractivity contribution is 5.45. The molecule has 2 aromatic heterocycles. The molecule has 0 spiro atoms. The van der Waals surface area contributed by atoms with E-state index in [0.717, 1.165) is 9.13 Å². The zero-order valence-electron chi connectivity index (χ0n) is 19.7. The molecule has 2 heterocycles. The average molecular weight is 499 g/mol. The van der Waals surface area contributed by atoms with Gasteiger partial charge >= 0.3 is 11.4 Å². The molecular weight excluding hydrogens is 480 g/mol. The summed E-state index contributed by atoms with van der Waals surface area (Å²) in [5, 5.41) is 35.9. The van der Waals surface area contributed by atoms with E-state index >= 15 is 0 Å². The molecule has 0 aliphatic carbocycles. The van der Waals surface area contributed by atoms with Crippen molar-refractivity contribution in [3.63, 3.8) is 0 Å². The first-order valence-corrected chi connectivity index (χ1v) is 11.3. The molecule has 0 aliphatic rings. The summed E-state index contributed by atoms with van der Waals surface area (Å²) < 4.78 is 4.81. The van der Waals surface area contributed by atoms with Crippen LogP contribution in [0, 0.1) is 33.5 Å². The van der Waals surface area contributed by atoms with Crippen molar-refractivity contribution in [2.45, 2.75) is 0 Å². The van der Waals surface area contributed by atoms with Gasteiger partial charge in [0.1, 0.15) is 23.3 Å². The molecule has 0 saturated heterocycles. The molecule has 0 radical (unpaired) electrons. The lowest BCUT2D eigenvalue weighted by Crippen LogP contribution is -2.39. The van der Waals surface area contributed by atoms with Gasteiger partial charge in [0.25, 0.3) is 0 Å². The van der Waals surface area contributed by atoms with Gasteiger partial charge in [-0.25, -0.2) is 18.7 Å². The van der Waals surface area contributed by atoms with Crippen molar-refractivity contribution in [3.8, 4) is 34.9 Å². The van der Waals surface area contributed by atoms with E-state index < -0.39 is 11.4 Å². The summed E-state index contributed by atoms with van der Waals surface area (Å²) in [6.07, 6.45) is 2.61. The fraction of sp³-hybridized carbons (Fsp3) is 0. The summed E-state index contributed by atoms with van der Waals surface area (Å²) in [4.78, 5) is 26.7. The van der Waals surface area contributed by atoms with E-state index in [1.54, 1.807) is 84.9 Å². The Morgan fingerprint density at radius 2 is 0.868 bits per heavy atom. The molecule has 10 heteroatoms. The van der Waals surface area contributed by atoms with Crippen molar-refractivity contribution in [1.29, 1.82) is 21.3 Å². The molecule has 5 aromatic rings. The van der Waals surface area contributed by atoms with Gasteiger partial charge < -0.3 is 0 Å². The van der Waals surface area contributed by atoms with Crippen LogP contribution < -0.4 is 22.4 Å². The summed E-state index contributed by atoms with van der Waals surface area (Å²) in [6.45, 7) is 0. The predicted octanol–water partition coefficient (Wildman–Crippen LogP) is 2.27. The lowest BCUT2D eigenvalue weighted by atomic mass is 10.2. The minimum Gasteiger partial charge on any atom is -0.283 e. The number of benzene rings is 3. The predicted molar refractivity (Wildman–Crippen MR) is 137 cm³/mol. The highest BCUT2D eigenvalue weighted by Crippen LogP contribution is 2.13. The molecule has 0 unspecified atom stereocenters. The van der Waals surface area contributed by atoms with Gasteiger partial charge in [-0.2, -0.15) is 10.5 Å². The van der Waals surface area contributed by atoms with Crippen molar-refractivity contribution in [2.75, 3.05) is 0 Å². The van der Waals surface area contributed by atoms with Crippen LogP contribution in [-0.4, -0.2) is 18.3 Å². The van der Waals surface area contributed by atoms with Crippen molar-refractivity contribution in [3.05, 3.63) is 140 Å². The lowest BCUT2D eigenvalue weighted by molar-refractivity contribution is 0.764. The van der Waals surface area contributed by atoms with E-state index in [1.807, 2.05) is 12.1 Å². The number of nitrogens with zero attached hydrogens (tertiary/aromatic N) is 6. The third-order valence-electron chi connectivity index (χ3n) is 5.94. The van der Waals surface area contributed by atoms with Crippen LogP contribution in [0.5, 0.6) is 0 Å². The molecule has 10 nitrogen and oxygen atoms in total. The van der Waals surface area contributed by atoms with Crippen LogP contribution in [0.15, 0.2) is 107 Å². The lowest BCUT2D eigenvalue weighted by Gasteiger charge is -2.14. The Morgan fingerprint density at radius 3 is 1.18 bits per heavy atom. The van der Waals surface area contributed by atoms with E-state index in [0.29, 0.717) is 22.7 Å². The summed E-state index contributed by atoms with van der Waals surface area (Å²) >= 11 is 0. The van der Waals surface area contributed by atoms with Crippen LogP contribution >= 0.6 is 0 Å². The van der Waals surface area contributed by atoms with E-state index in [-0.39, 0.29) is 22.1 Å². The minimum absolute atomic E-state index is 0.00217. The molecule has 3 aromatic carbocycles. The number of para-hydroxylation sites is 2. The van der Waals surface area contributed by atoms with Crippen LogP contribution in [-0.2, 0) is 0 Å². The van der Waals surface area contributed by atoms with Gasteiger partial charge in [-0.3, -0.25) is 20.0 Å². The second-order valence-corrected chi connectivity index (χ2v) is 8.17. The highest BCUT2D eigenvalue weighted by atomic mass is 16.2. The van der Waals surface area contributed by atoms with Crippen LogP contribution in [0.1, 0.15) is 11.1 Å². The number of hydrogen-bond donors (Lipinski definition) is 2. The standard InChI is InChI=1S/C28H18N8O2/c29-15-19-17-33(27(37)35(25(19)31)23-7-3-1-4-8-23)21-11-13-22(14-12-21)34-18-20(16-30)26(32)36(28(34)38)24-9-5-2-6-10-24/h1-14,17-18,31-32H. The Bertz CT molecular complexity index is 1850. The van der Waals surface area contributed by atoms with Gasteiger partial charge in [-0.15, -0.1) is 0 Å². The number of hydrogen-bond acceptors (Lipinski definition) is 6. The zero-order valence-corrected chi connectivity index (χ0v) is 19.7. The normalized spacial score (nSPS) is 10.5. The third kappa shape index (κ3) is 3.94. The van der Waals surface area contributed by atoms with Gasteiger partial charge in [0, 0.05) is 12.4 Å². The third-order valence-corrected chi connectivity index (χ3v) is 5.94. The van der Waals surface area contributed by atoms with E-state index in [4.69, 9.17) is 10.8 Å². The highest BCUT2D eigenvalue weighted by Gasteiger charge is 2.14. The first kappa shape index (κ1) is 23.7. The maximum absolute atomic E-state index is 13.4. The first-order chi connectivity index (χ1) is 18.4. The maximum atomic E-state index is 13.4. The largest absolute Gasteiger partial charge is 0.338 e. The molecule has 5 rings (SSSR count). The van der Waals surface area contributed by atoms with Crippen LogP contribution in [0.4, 0.5) is 0 Å². The quantitative estimate of drug-likeness (QED) is 0.391. The molecule has 0 amide bonds. The molecule has 0 fully saturated rings. The Balaban J connectivity index is 1.67. The van der Waals surface area contributed by atoms with Gasteiger partial charge in [-0.1, -0.05) is 36.4 Å². The van der Waals surface area contributed by atoms with Gasteiger partial charge in [0.05, 0.1) is 22.7 Å². The SMILES string of the molecule is N#Cc1cn(-c2ccc(-n3cc(C#N)c(=N)n(-c4ccccc4)c3=O)cc2)c(=O)n(-c2ccccc2)c1=N. The Labute approximate surface area is 215 Å². The van der Waals surface area contributed by atoms with Crippen molar-refractivity contribution >= 4 is 0 Å². The molecule has 0 aliphatic heterocycles. The molecule has 182 valence electrons. The molecule has 0 saturated carbocycles. The minimum atomic E-state index is -0.544. The summed E-state index contributed by atoms with van der Waals surface area (Å²) in [6, 6.07) is 27.5. The molecular formula is C28H18N8O2. The van der Waals surface area contributed by atoms with Crippen molar-refractivity contribution in [2.24, 2.45) is 0 Å². The van der Waals surface area contributed by atoms with Crippen LogP contribution in [0.25, 0.3) is 22.7 Å². The van der Waals surface area contributed by atoms with Crippen molar-refractivity contribution in [1.82, 2.24) is 18.3 Å². The maximum Gasteiger partial charge on any atom is 0.338 e. The van der Waals surface area contributed by atoms with Gasteiger partial charge in [0.2, 0.25) is 0 Å². The smallest absolute Gasteiger partial charge is 0.283 e. The van der Waals surface area contributed by atoms with Gasteiger partial charge in [0.15, 0.2) is 11.0 Å². The van der Waals surface area contributed by atoms with Gasteiger partial charge in [-0.05, 0) is 48.5 Å². The fourth-order valence-electron chi connectivity index (χ4n) is 4.08. The number of nitriles is 2. The average Bonchev–Trinajstić information content (AvgIpc) is 2.95. The van der Waals surface area contributed by atoms with Crippen LogP contribution in [0.3, 0.4) is 0 Å². The molecule has 38 heavy (non-hydrogen) atoms. The number of rotatable bonds is 4. The van der Waals surface area contributed by atoms with Crippen LogP contribution in [0.2, 0.25) is 0 Å². The summed E-state index contributed by atoms with van der Waals surface area (Å²) in [5.74, 6) is 0. The summed E-state index contributed by atoms with van der Waals surface area (Å²) in [7, 11) is 0. The Hall–Kier alpha value is -6.00. The number of nitrogens with one attached hydrogen (secondary N) is 2. The monoisotopic (exact) mass is 498 g/mol. The Morgan fingerprint density at radius 1 is 0.526 bits per heavy atom. The summed E-state index contributed by atoms with van der Waals surface area (Å²) in [5.41, 5.74) is 0.159. The van der Waals surface area contributed by atoms with E-state index in [9.17, 15) is 20.1 Å². The first-order valence-electron chi connectivity index (χ1n) is 11.3. The second-order valence-electron chi connectivity index (χ2n) is 8.17. The van der Waals surface area contributed by atoms with E-state index in [1.165, 1.54) is 21.5 Å². The molecule has 2 N–H and O–H groups in total. The van der Waals surface area contributed by atoms with Crippen molar-refractivity contribution < 1.29 is 0 Å². The topological polar surface area (TPSA) is 149 Å². The molecule has 0 bridgehead atoms.